The fourth-order valence-corrected chi connectivity index (χ4v) is 2.65. The molecule has 0 amide bonds. The minimum atomic E-state index is -1.25. The molecule has 138 valence electrons. The third kappa shape index (κ3) is 3.50. The Labute approximate surface area is 142 Å². The van der Waals surface area contributed by atoms with Gasteiger partial charge in [0.15, 0.2) is 17.4 Å². The highest BCUT2D eigenvalue weighted by atomic mass is 16.7. The molecular weight excluding hydrogens is 334 g/mol. The molecule has 3 rings (SSSR count). The molecule has 1 saturated heterocycles. The Kier molecular flexibility index (Phi) is 5.30. The molecule has 0 spiro atoms. The Morgan fingerprint density at radius 3 is 2.96 bits per heavy atom. The predicted molar refractivity (Wildman–Crippen MR) is 85.5 cm³/mol. The third-order valence-corrected chi connectivity index (χ3v) is 3.86. The van der Waals surface area contributed by atoms with E-state index >= 15 is 0 Å². The van der Waals surface area contributed by atoms with Crippen molar-refractivity contribution in [2.24, 2.45) is 0 Å². The lowest BCUT2D eigenvalue weighted by Gasteiger charge is -2.16. The maximum atomic E-state index is 11.8. The number of hydrogen-bond acceptors (Lipinski definition) is 9. The number of aliphatic hydroxyl groups is 2. The van der Waals surface area contributed by atoms with Gasteiger partial charge >= 0.3 is 0 Å². The van der Waals surface area contributed by atoms with E-state index in [0.717, 1.165) is 6.42 Å². The second-order valence-corrected chi connectivity index (χ2v) is 5.72. The quantitative estimate of drug-likeness (QED) is 0.351. The minimum Gasteiger partial charge on any atom is -0.387 e. The molecule has 2 aromatic heterocycles. The van der Waals surface area contributed by atoms with Gasteiger partial charge in [-0.15, -0.1) is 0 Å². The van der Waals surface area contributed by atoms with E-state index in [9.17, 15) is 15.0 Å². The number of nitrogens with zero attached hydrogens (tertiary/aromatic N) is 3. The van der Waals surface area contributed by atoms with Crippen molar-refractivity contribution < 1.29 is 24.4 Å². The van der Waals surface area contributed by atoms with Crippen molar-refractivity contribution >= 4 is 17.1 Å². The van der Waals surface area contributed by atoms with Crippen molar-refractivity contribution in [2.45, 2.75) is 37.9 Å². The van der Waals surface area contributed by atoms with E-state index in [2.05, 4.69) is 15.0 Å². The molecule has 0 bridgehead atoms. The van der Waals surface area contributed by atoms with Crippen molar-refractivity contribution in [3.05, 3.63) is 16.7 Å². The molecule has 0 radical (unpaired) electrons. The SMILES string of the molecule is CCCOCOC[C@H]1O[C@@H](n2cnc3c(=O)[nH]c(N)nc32)[C@H](O)[C@@H]1O. The van der Waals surface area contributed by atoms with Crippen molar-refractivity contribution in [1.82, 2.24) is 19.5 Å². The van der Waals surface area contributed by atoms with Gasteiger partial charge in [-0.1, -0.05) is 6.92 Å². The Balaban J connectivity index is 1.74. The Hall–Kier alpha value is -2.05. The Morgan fingerprint density at radius 1 is 1.40 bits per heavy atom. The highest BCUT2D eigenvalue weighted by Gasteiger charge is 2.44. The van der Waals surface area contributed by atoms with E-state index in [1.54, 1.807) is 0 Å². The molecule has 0 aliphatic carbocycles. The molecule has 11 nitrogen and oxygen atoms in total. The normalized spacial score (nSPS) is 26.5. The first-order valence-corrected chi connectivity index (χ1v) is 7.92. The monoisotopic (exact) mass is 355 g/mol. The van der Waals surface area contributed by atoms with Crippen molar-refractivity contribution in [3.8, 4) is 0 Å². The summed E-state index contributed by atoms with van der Waals surface area (Å²) in [5.74, 6) is -0.0831. The van der Waals surface area contributed by atoms with Gasteiger partial charge in [0.25, 0.3) is 5.56 Å². The maximum Gasteiger partial charge on any atom is 0.280 e. The fourth-order valence-electron chi connectivity index (χ4n) is 2.65. The van der Waals surface area contributed by atoms with Crippen LogP contribution in [0.4, 0.5) is 5.95 Å². The molecule has 11 heteroatoms. The van der Waals surface area contributed by atoms with Crippen LogP contribution in [0, 0.1) is 0 Å². The van der Waals surface area contributed by atoms with Gasteiger partial charge in [-0.05, 0) is 6.42 Å². The predicted octanol–water partition coefficient (Wildman–Crippen LogP) is -1.28. The smallest absolute Gasteiger partial charge is 0.280 e. The molecule has 5 N–H and O–H groups in total. The zero-order valence-corrected chi connectivity index (χ0v) is 13.7. The number of hydrogen-bond donors (Lipinski definition) is 4. The molecular formula is C14H21N5O6. The van der Waals surface area contributed by atoms with Crippen LogP contribution < -0.4 is 11.3 Å². The van der Waals surface area contributed by atoms with Crippen LogP contribution in [0.25, 0.3) is 11.2 Å². The van der Waals surface area contributed by atoms with Crippen molar-refractivity contribution in [1.29, 1.82) is 0 Å². The van der Waals surface area contributed by atoms with Gasteiger partial charge in [0.1, 0.15) is 25.1 Å². The molecule has 0 unspecified atom stereocenters. The summed E-state index contributed by atoms with van der Waals surface area (Å²) in [5.41, 5.74) is 5.27. The summed E-state index contributed by atoms with van der Waals surface area (Å²) in [6.45, 7) is 2.66. The van der Waals surface area contributed by atoms with Gasteiger partial charge in [0.05, 0.1) is 12.9 Å². The summed E-state index contributed by atoms with van der Waals surface area (Å²) in [5, 5.41) is 20.5. The van der Waals surface area contributed by atoms with Crippen LogP contribution in [0.1, 0.15) is 19.6 Å². The van der Waals surface area contributed by atoms with Crippen LogP contribution in [0.3, 0.4) is 0 Å². The van der Waals surface area contributed by atoms with Crippen LogP contribution in [0.5, 0.6) is 0 Å². The summed E-state index contributed by atoms with van der Waals surface area (Å²) in [7, 11) is 0. The maximum absolute atomic E-state index is 11.8. The molecule has 0 saturated carbocycles. The first kappa shape index (κ1) is 17.8. The van der Waals surface area contributed by atoms with Gasteiger partial charge in [-0.25, -0.2) is 4.98 Å². The van der Waals surface area contributed by atoms with Gasteiger partial charge in [-0.3, -0.25) is 14.3 Å². The second kappa shape index (κ2) is 7.45. The van der Waals surface area contributed by atoms with E-state index in [1.165, 1.54) is 10.9 Å². The highest BCUT2D eigenvalue weighted by molar-refractivity contribution is 5.70. The third-order valence-electron chi connectivity index (χ3n) is 3.86. The van der Waals surface area contributed by atoms with E-state index in [0.29, 0.717) is 6.61 Å². The summed E-state index contributed by atoms with van der Waals surface area (Å²) in [6.07, 6.45) is -1.98. The molecule has 0 aromatic carbocycles. The summed E-state index contributed by atoms with van der Waals surface area (Å²) >= 11 is 0. The van der Waals surface area contributed by atoms with Crippen LogP contribution in [0.2, 0.25) is 0 Å². The second-order valence-electron chi connectivity index (χ2n) is 5.72. The lowest BCUT2D eigenvalue weighted by atomic mass is 10.1. The molecule has 2 aromatic rings. The van der Waals surface area contributed by atoms with Gasteiger partial charge in [-0.2, -0.15) is 4.98 Å². The topological polar surface area (TPSA) is 158 Å². The Bertz CT molecular complexity index is 777. The van der Waals surface area contributed by atoms with Crippen LogP contribution in [-0.2, 0) is 14.2 Å². The van der Waals surface area contributed by atoms with Crippen molar-refractivity contribution in [3.63, 3.8) is 0 Å². The molecule has 3 heterocycles. The van der Waals surface area contributed by atoms with Crippen LogP contribution in [0.15, 0.2) is 11.1 Å². The standard InChI is InChI=1S/C14H21N5O6/c1-2-3-23-6-24-4-7-9(20)10(21)13(25-7)19-5-16-8-11(19)17-14(15)18-12(8)22/h5,7,9-10,13,20-21H,2-4,6H2,1H3,(H3,15,17,18,22)/t7-,9-,10-,13-/m1/s1. The van der Waals surface area contributed by atoms with E-state index in [1.807, 2.05) is 6.92 Å². The van der Waals surface area contributed by atoms with Crippen LogP contribution in [-0.4, -0.2) is 68.1 Å². The minimum absolute atomic E-state index is 0.0429. The molecule has 1 aliphatic rings. The molecule has 1 aliphatic heterocycles. The highest BCUT2D eigenvalue weighted by Crippen LogP contribution is 2.31. The summed E-state index contributed by atoms with van der Waals surface area (Å²) in [6, 6.07) is 0. The lowest BCUT2D eigenvalue weighted by Crippen LogP contribution is -2.34. The lowest BCUT2D eigenvalue weighted by molar-refractivity contribution is -0.110. The summed E-state index contributed by atoms with van der Waals surface area (Å²) < 4.78 is 17.5. The van der Waals surface area contributed by atoms with Gasteiger partial charge < -0.3 is 30.2 Å². The number of imidazole rings is 1. The number of rotatable bonds is 7. The van der Waals surface area contributed by atoms with E-state index in [-0.39, 0.29) is 30.5 Å². The number of nitrogens with one attached hydrogen (secondary N) is 1. The van der Waals surface area contributed by atoms with Gasteiger partial charge in [0, 0.05) is 6.61 Å². The number of aliphatic hydroxyl groups excluding tert-OH is 2. The number of aromatic amines is 1. The number of nitrogen functional groups attached to an aromatic ring is 1. The first-order chi connectivity index (χ1) is 12.0. The average Bonchev–Trinajstić information content (AvgIpc) is 3.11. The number of H-pyrrole nitrogens is 1. The first-order valence-electron chi connectivity index (χ1n) is 7.92. The number of aromatic nitrogens is 4. The van der Waals surface area contributed by atoms with Crippen molar-refractivity contribution in [2.75, 3.05) is 25.7 Å². The zero-order chi connectivity index (χ0) is 18.0. The molecule has 25 heavy (non-hydrogen) atoms. The summed E-state index contributed by atoms with van der Waals surface area (Å²) in [4.78, 5) is 22.1. The number of ether oxygens (including phenoxy) is 3. The average molecular weight is 355 g/mol. The molecule has 4 atom stereocenters. The molecule has 1 fully saturated rings. The number of fused-ring (bicyclic) bond motifs is 1. The fraction of sp³-hybridized carbons (Fsp3) is 0.643. The Morgan fingerprint density at radius 2 is 2.20 bits per heavy atom. The van der Waals surface area contributed by atoms with Crippen LogP contribution >= 0.6 is 0 Å². The largest absolute Gasteiger partial charge is 0.387 e. The van der Waals surface area contributed by atoms with E-state index < -0.39 is 30.1 Å². The van der Waals surface area contributed by atoms with Gasteiger partial charge in [0.2, 0.25) is 5.95 Å². The zero-order valence-electron chi connectivity index (χ0n) is 13.7. The number of nitrogens with two attached hydrogens (primary N) is 1. The number of anilines is 1. The van der Waals surface area contributed by atoms with E-state index in [4.69, 9.17) is 19.9 Å².